The number of nitrogen functional groups attached to an aromatic ring is 1. The lowest BCUT2D eigenvalue weighted by atomic mass is 10.0. The molecule has 1 aromatic heterocycles. The second kappa shape index (κ2) is 6.84. The first-order chi connectivity index (χ1) is 11.1. The van der Waals surface area contributed by atoms with Gasteiger partial charge in [-0.15, -0.1) is 0 Å². The van der Waals surface area contributed by atoms with Gasteiger partial charge in [0.05, 0.1) is 5.25 Å². The lowest BCUT2D eigenvalue weighted by Crippen LogP contribution is -2.02. The van der Waals surface area contributed by atoms with Crippen LogP contribution in [0.25, 0.3) is 0 Å². The number of benzene rings is 2. The van der Waals surface area contributed by atoms with Gasteiger partial charge in [-0.3, -0.25) is 0 Å². The van der Waals surface area contributed by atoms with Crippen LogP contribution < -0.4 is 5.73 Å². The Balaban J connectivity index is 2.04. The van der Waals surface area contributed by atoms with Gasteiger partial charge < -0.3 is 5.73 Å². The van der Waals surface area contributed by atoms with E-state index in [1.807, 2.05) is 13.0 Å². The van der Waals surface area contributed by atoms with E-state index < -0.39 is 0 Å². The fraction of sp³-hybridized carbons (Fsp3) is 0.158. The molecule has 1 heterocycles. The zero-order valence-corrected chi connectivity index (χ0v) is 14.0. The Morgan fingerprint density at radius 2 is 1.61 bits per heavy atom. The number of nitrogens with two attached hydrogens (primary N) is 1. The molecule has 2 aromatic carbocycles. The van der Waals surface area contributed by atoms with Crippen molar-refractivity contribution in [3.8, 4) is 0 Å². The average molecular weight is 321 g/mol. The van der Waals surface area contributed by atoms with Gasteiger partial charge in [-0.05, 0) is 30.5 Å². The Morgan fingerprint density at radius 3 is 2.30 bits per heavy atom. The van der Waals surface area contributed by atoms with Gasteiger partial charge in [-0.25, -0.2) is 9.97 Å². The molecule has 4 heteroatoms. The van der Waals surface area contributed by atoms with Gasteiger partial charge in [0.15, 0.2) is 5.16 Å². The number of hydrogen-bond donors (Lipinski definition) is 1. The van der Waals surface area contributed by atoms with Crippen molar-refractivity contribution in [3.05, 3.63) is 83.0 Å². The Bertz CT molecular complexity index is 782. The molecule has 0 amide bonds. The summed E-state index contributed by atoms with van der Waals surface area (Å²) in [6.07, 6.45) is 0. The minimum atomic E-state index is 0.138. The van der Waals surface area contributed by atoms with Crippen LogP contribution in [0.15, 0.2) is 65.8 Å². The number of anilines is 1. The van der Waals surface area contributed by atoms with Crippen molar-refractivity contribution in [2.24, 2.45) is 0 Å². The number of thioether (sulfide) groups is 1. The second-order valence-corrected chi connectivity index (χ2v) is 6.55. The third-order valence-electron chi connectivity index (χ3n) is 3.65. The maximum absolute atomic E-state index is 5.88. The molecule has 116 valence electrons. The van der Waals surface area contributed by atoms with Crippen LogP contribution in [0.2, 0.25) is 0 Å². The normalized spacial score (nSPS) is 12.1. The molecule has 3 rings (SSSR count). The molecule has 1 atom stereocenters. The third-order valence-corrected chi connectivity index (χ3v) is 4.81. The van der Waals surface area contributed by atoms with E-state index in [0.717, 1.165) is 5.69 Å². The van der Waals surface area contributed by atoms with Crippen LogP contribution in [-0.4, -0.2) is 9.97 Å². The zero-order chi connectivity index (χ0) is 16.2. The predicted octanol–water partition coefficient (Wildman–Crippen LogP) is 4.56. The largest absolute Gasteiger partial charge is 0.384 e. The highest BCUT2D eigenvalue weighted by Crippen LogP contribution is 2.40. The van der Waals surface area contributed by atoms with E-state index in [2.05, 4.69) is 65.4 Å². The average Bonchev–Trinajstić information content (AvgIpc) is 2.53. The molecular weight excluding hydrogens is 302 g/mol. The molecule has 3 nitrogen and oxygen atoms in total. The number of aryl methyl sites for hydroxylation is 2. The van der Waals surface area contributed by atoms with Crippen LogP contribution in [-0.2, 0) is 0 Å². The summed E-state index contributed by atoms with van der Waals surface area (Å²) in [6.45, 7) is 4.07. The van der Waals surface area contributed by atoms with Gasteiger partial charge in [-0.1, -0.05) is 66.4 Å². The van der Waals surface area contributed by atoms with E-state index >= 15 is 0 Å². The first-order valence-electron chi connectivity index (χ1n) is 7.52. The molecule has 0 bridgehead atoms. The molecule has 0 aliphatic heterocycles. The van der Waals surface area contributed by atoms with E-state index in [1.54, 1.807) is 17.8 Å². The van der Waals surface area contributed by atoms with Crippen molar-refractivity contribution in [3.63, 3.8) is 0 Å². The maximum atomic E-state index is 5.88. The molecule has 2 N–H and O–H groups in total. The SMILES string of the molecule is Cc1cc(N)nc(SC(c2ccccc2)c2ccccc2C)n1. The summed E-state index contributed by atoms with van der Waals surface area (Å²) < 4.78 is 0. The first-order valence-corrected chi connectivity index (χ1v) is 8.40. The summed E-state index contributed by atoms with van der Waals surface area (Å²) in [5, 5.41) is 0.846. The van der Waals surface area contributed by atoms with Crippen molar-refractivity contribution < 1.29 is 0 Å². The summed E-state index contributed by atoms with van der Waals surface area (Å²) in [7, 11) is 0. The highest BCUT2D eigenvalue weighted by atomic mass is 32.2. The first kappa shape index (κ1) is 15.6. The molecule has 0 saturated heterocycles. The molecule has 0 radical (unpaired) electrons. The quantitative estimate of drug-likeness (QED) is 0.565. The zero-order valence-electron chi connectivity index (χ0n) is 13.2. The van der Waals surface area contributed by atoms with Crippen LogP contribution in [0, 0.1) is 13.8 Å². The van der Waals surface area contributed by atoms with Crippen molar-refractivity contribution >= 4 is 17.6 Å². The van der Waals surface area contributed by atoms with Gasteiger partial charge in [0.1, 0.15) is 5.82 Å². The third kappa shape index (κ3) is 3.71. The predicted molar refractivity (Wildman–Crippen MR) is 96.5 cm³/mol. The molecular formula is C19H19N3S. The standard InChI is InChI=1S/C19H19N3S/c1-13-8-6-7-11-16(13)18(15-9-4-3-5-10-15)23-19-21-14(2)12-17(20)22-19/h3-12,18H,1-2H3,(H2,20,21,22). The molecule has 1 unspecified atom stereocenters. The summed E-state index contributed by atoms with van der Waals surface area (Å²) in [4.78, 5) is 8.91. The maximum Gasteiger partial charge on any atom is 0.190 e. The van der Waals surface area contributed by atoms with E-state index in [0.29, 0.717) is 11.0 Å². The molecule has 0 aliphatic rings. The van der Waals surface area contributed by atoms with Crippen LogP contribution in [0.4, 0.5) is 5.82 Å². The van der Waals surface area contributed by atoms with Gasteiger partial charge in [-0.2, -0.15) is 0 Å². The van der Waals surface area contributed by atoms with Crippen molar-refractivity contribution in [1.29, 1.82) is 0 Å². The Hall–Kier alpha value is -2.33. The molecule has 3 aromatic rings. The van der Waals surface area contributed by atoms with Gasteiger partial charge in [0.2, 0.25) is 0 Å². The van der Waals surface area contributed by atoms with Gasteiger partial charge >= 0.3 is 0 Å². The molecule has 0 fully saturated rings. The summed E-state index contributed by atoms with van der Waals surface area (Å²) in [6, 6.07) is 20.7. The minimum Gasteiger partial charge on any atom is -0.384 e. The number of aromatic nitrogens is 2. The highest BCUT2D eigenvalue weighted by Gasteiger charge is 2.19. The van der Waals surface area contributed by atoms with E-state index in [4.69, 9.17) is 5.73 Å². The van der Waals surface area contributed by atoms with Gasteiger partial charge in [0.25, 0.3) is 0 Å². The Kier molecular flexibility index (Phi) is 4.63. The molecule has 23 heavy (non-hydrogen) atoms. The lowest BCUT2D eigenvalue weighted by molar-refractivity contribution is 0.933. The van der Waals surface area contributed by atoms with Crippen molar-refractivity contribution in [2.45, 2.75) is 24.3 Å². The van der Waals surface area contributed by atoms with E-state index in [-0.39, 0.29) is 5.25 Å². The monoisotopic (exact) mass is 321 g/mol. The van der Waals surface area contributed by atoms with Crippen molar-refractivity contribution in [1.82, 2.24) is 9.97 Å². The minimum absolute atomic E-state index is 0.138. The van der Waals surface area contributed by atoms with E-state index in [9.17, 15) is 0 Å². The van der Waals surface area contributed by atoms with Crippen LogP contribution >= 0.6 is 11.8 Å². The highest BCUT2D eigenvalue weighted by molar-refractivity contribution is 7.99. The van der Waals surface area contributed by atoms with Crippen LogP contribution in [0.5, 0.6) is 0 Å². The van der Waals surface area contributed by atoms with Gasteiger partial charge in [0, 0.05) is 11.8 Å². The topological polar surface area (TPSA) is 51.8 Å². The smallest absolute Gasteiger partial charge is 0.190 e. The second-order valence-electron chi connectivity index (χ2n) is 5.48. The summed E-state index contributed by atoms with van der Waals surface area (Å²) in [5.41, 5.74) is 10.5. The molecule has 0 spiro atoms. The number of nitrogens with zero attached hydrogens (tertiary/aromatic N) is 2. The fourth-order valence-corrected chi connectivity index (χ4v) is 3.79. The fourth-order valence-electron chi connectivity index (χ4n) is 2.54. The Labute approximate surface area is 141 Å². The lowest BCUT2D eigenvalue weighted by Gasteiger charge is -2.19. The summed E-state index contributed by atoms with van der Waals surface area (Å²) >= 11 is 1.64. The molecule has 0 saturated carbocycles. The Morgan fingerprint density at radius 1 is 0.913 bits per heavy atom. The number of hydrogen-bond acceptors (Lipinski definition) is 4. The van der Waals surface area contributed by atoms with Crippen LogP contribution in [0.3, 0.4) is 0 Å². The summed E-state index contributed by atoms with van der Waals surface area (Å²) in [5.74, 6) is 0.511. The number of rotatable bonds is 4. The molecule has 0 aliphatic carbocycles. The van der Waals surface area contributed by atoms with Crippen molar-refractivity contribution in [2.75, 3.05) is 5.73 Å². The van der Waals surface area contributed by atoms with E-state index in [1.165, 1.54) is 16.7 Å². The van der Waals surface area contributed by atoms with Crippen LogP contribution in [0.1, 0.15) is 27.6 Å².